The molecule has 1 heterocycles. The number of rotatable bonds is 5. The van der Waals surface area contributed by atoms with Gasteiger partial charge in [-0.25, -0.2) is 14.2 Å². The van der Waals surface area contributed by atoms with Crippen molar-refractivity contribution < 1.29 is 18.7 Å². The van der Waals surface area contributed by atoms with Gasteiger partial charge in [-0.2, -0.15) is 0 Å². The Morgan fingerprint density at radius 1 is 1.03 bits per heavy atom. The van der Waals surface area contributed by atoms with Gasteiger partial charge in [0.2, 0.25) is 5.90 Å². The van der Waals surface area contributed by atoms with E-state index in [0.717, 1.165) is 11.1 Å². The predicted molar refractivity (Wildman–Crippen MR) is 109 cm³/mol. The van der Waals surface area contributed by atoms with Crippen LogP contribution in [0, 0.1) is 5.82 Å². The summed E-state index contributed by atoms with van der Waals surface area (Å²) >= 11 is 5.89. The van der Waals surface area contributed by atoms with Crippen molar-refractivity contribution in [2.45, 2.75) is 6.61 Å². The molecule has 0 radical (unpaired) electrons. The molecule has 1 aliphatic rings. The van der Waals surface area contributed by atoms with Crippen LogP contribution in [0.3, 0.4) is 0 Å². The van der Waals surface area contributed by atoms with Crippen molar-refractivity contribution in [2.24, 2.45) is 4.99 Å². The minimum atomic E-state index is -0.559. The van der Waals surface area contributed by atoms with Crippen molar-refractivity contribution in [3.63, 3.8) is 0 Å². The number of carbonyl (C=O) groups is 1. The molecular weight excluding hydrogens is 393 g/mol. The number of esters is 1. The van der Waals surface area contributed by atoms with E-state index >= 15 is 0 Å². The van der Waals surface area contributed by atoms with E-state index < -0.39 is 5.97 Å². The van der Waals surface area contributed by atoms with E-state index in [1.54, 1.807) is 6.08 Å². The minimum Gasteiger partial charge on any atom is -0.489 e. The molecule has 0 spiro atoms. The third-order valence-corrected chi connectivity index (χ3v) is 4.44. The molecule has 0 aliphatic carbocycles. The molecule has 6 heteroatoms. The van der Waals surface area contributed by atoms with Crippen molar-refractivity contribution in [1.82, 2.24) is 0 Å². The lowest BCUT2D eigenvalue weighted by Crippen LogP contribution is -2.05. The van der Waals surface area contributed by atoms with Gasteiger partial charge in [0, 0.05) is 10.6 Å². The second kappa shape index (κ2) is 8.29. The third kappa shape index (κ3) is 4.70. The summed E-state index contributed by atoms with van der Waals surface area (Å²) in [4.78, 5) is 16.4. The van der Waals surface area contributed by atoms with Crippen LogP contribution in [-0.2, 0) is 16.1 Å². The van der Waals surface area contributed by atoms with Crippen LogP contribution >= 0.6 is 11.6 Å². The summed E-state index contributed by atoms with van der Waals surface area (Å²) in [6.07, 6.45) is 1.62. The molecule has 0 unspecified atom stereocenters. The average molecular weight is 408 g/mol. The summed E-state index contributed by atoms with van der Waals surface area (Å²) in [7, 11) is 0. The Labute approximate surface area is 171 Å². The van der Waals surface area contributed by atoms with E-state index in [1.807, 2.05) is 48.5 Å². The van der Waals surface area contributed by atoms with Crippen LogP contribution in [0.1, 0.15) is 16.7 Å². The van der Waals surface area contributed by atoms with E-state index in [2.05, 4.69) is 4.99 Å². The van der Waals surface area contributed by atoms with E-state index in [4.69, 9.17) is 21.1 Å². The van der Waals surface area contributed by atoms with Crippen LogP contribution in [0.4, 0.5) is 4.39 Å². The van der Waals surface area contributed by atoms with Crippen molar-refractivity contribution in [3.8, 4) is 5.75 Å². The highest BCUT2D eigenvalue weighted by molar-refractivity contribution is 6.30. The molecule has 0 amide bonds. The zero-order valence-electron chi connectivity index (χ0n) is 15.1. The Morgan fingerprint density at radius 3 is 2.55 bits per heavy atom. The highest BCUT2D eigenvalue weighted by atomic mass is 35.5. The number of cyclic esters (lactones) is 1. The van der Waals surface area contributed by atoms with Crippen LogP contribution in [0.2, 0.25) is 5.02 Å². The van der Waals surface area contributed by atoms with E-state index in [1.165, 1.54) is 24.3 Å². The highest BCUT2D eigenvalue weighted by Gasteiger charge is 2.24. The summed E-state index contributed by atoms with van der Waals surface area (Å²) in [6.45, 7) is 0.395. The van der Waals surface area contributed by atoms with Gasteiger partial charge in [-0.15, -0.1) is 0 Å². The predicted octanol–water partition coefficient (Wildman–Crippen LogP) is 5.40. The molecule has 4 rings (SSSR count). The topological polar surface area (TPSA) is 47.9 Å². The van der Waals surface area contributed by atoms with Crippen LogP contribution in [0.25, 0.3) is 6.08 Å². The first kappa shape index (κ1) is 18.9. The van der Waals surface area contributed by atoms with Gasteiger partial charge in [0.25, 0.3) is 0 Å². The lowest BCUT2D eigenvalue weighted by molar-refractivity contribution is -0.129. The number of hydrogen-bond donors (Lipinski definition) is 0. The monoisotopic (exact) mass is 407 g/mol. The zero-order chi connectivity index (χ0) is 20.2. The molecule has 0 aromatic heterocycles. The summed E-state index contributed by atoms with van der Waals surface area (Å²) < 4.78 is 24.1. The van der Waals surface area contributed by atoms with E-state index in [9.17, 15) is 9.18 Å². The Kier molecular flexibility index (Phi) is 5.40. The Morgan fingerprint density at radius 2 is 1.79 bits per heavy atom. The number of benzene rings is 3. The van der Waals surface area contributed by atoms with Gasteiger partial charge in [0.1, 0.15) is 18.2 Å². The molecule has 0 bridgehead atoms. The molecule has 0 saturated carbocycles. The zero-order valence-corrected chi connectivity index (χ0v) is 15.9. The van der Waals surface area contributed by atoms with Crippen LogP contribution in [0.5, 0.6) is 5.75 Å². The van der Waals surface area contributed by atoms with Crippen LogP contribution in [0.15, 0.2) is 83.5 Å². The first-order chi connectivity index (χ1) is 14.1. The summed E-state index contributed by atoms with van der Waals surface area (Å²) in [6, 6.07) is 20.3. The third-order valence-electron chi connectivity index (χ3n) is 4.19. The van der Waals surface area contributed by atoms with E-state index in [-0.39, 0.29) is 17.4 Å². The quantitative estimate of drug-likeness (QED) is 0.420. The molecule has 0 atom stereocenters. The second-order valence-corrected chi connectivity index (χ2v) is 6.77. The molecule has 0 N–H and O–H groups in total. The first-order valence-corrected chi connectivity index (χ1v) is 9.20. The lowest BCUT2D eigenvalue weighted by Gasteiger charge is -2.07. The van der Waals surface area contributed by atoms with Gasteiger partial charge < -0.3 is 9.47 Å². The first-order valence-electron chi connectivity index (χ1n) is 8.83. The van der Waals surface area contributed by atoms with Gasteiger partial charge >= 0.3 is 5.97 Å². The fourth-order valence-corrected chi connectivity index (χ4v) is 2.85. The van der Waals surface area contributed by atoms with Gasteiger partial charge in [-0.05, 0) is 65.7 Å². The maximum absolute atomic E-state index is 13.1. The van der Waals surface area contributed by atoms with Crippen molar-refractivity contribution in [1.29, 1.82) is 0 Å². The second-order valence-electron chi connectivity index (χ2n) is 6.33. The molecule has 144 valence electrons. The molecular formula is C23H15ClFNO3. The summed E-state index contributed by atoms with van der Waals surface area (Å²) in [5.41, 5.74) is 2.43. The van der Waals surface area contributed by atoms with Crippen LogP contribution in [-0.4, -0.2) is 11.9 Å². The molecule has 0 saturated heterocycles. The molecule has 3 aromatic rings. The maximum atomic E-state index is 13.1. The van der Waals surface area contributed by atoms with Gasteiger partial charge in [0.05, 0.1) is 0 Å². The minimum absolute atomic E-state index is 0.149. The fourth-order valence-electron chi connectivity index (χ4n) is 2.72. The number of nitrogens with zero attached hydrogens (tertiary/aromatic N) is 1. The largest absolute Gasteiger partial charge is 0.489 e. The Balaban J connectivity index is 1.50. The fraction of sp³-hybridized carbons (Fsp3) is 0.0435. The van der Waals surface area contributed by atoms with Gasteiger partial charge in [-0.3, -0.25) is 0 Å². The summed E-state index contributed by atoms with van der Waals surface area (Å²) in [5, 5.41) is 0.673. The molecule has 4 nitrogen and oxygen atoms in total. The van der Waals surface area contributed by atoms with Crippen molar-refractivity contribution >= 4 is 29.5 Å². The average Bonchev–Trinajstić information content (AvgIpc) is 3.09. The standard InChI is InChI=1S/C23H15ClFNO3/c24-18-8-4-15(5-9-18)14-28-20-3-1-2-16(12-20)13-21-23(27)29-22(26-21)17-6-10-19(25)11-7-17/h1-13H,14H2/b21-13+. The summed E-state index contributed by atoms with van der Waals surface area (Å²) in [5.74, 6) is -0.124. The number of hydrogen-bond acceptors (Lipinski definition) is 4. The number of carbonyl (C=O) groups excluding carboxylic acids is 1. The number of aliphatic imine (C=N–C) groups is 1. The SMILES string of the molecule is O=C1OC(c2ccc(F)cc2)=N/C1=C/c1cccc(OCc2ccc(Cl)cc2)c1. The normalized spacial score (nSPS) is 14.6. The van der Waals surface area contributed by atoms with Gasteiger partial charge in [0.15, 0.2) is 5.70 Å². The Hall–Kier alpha value is -3.44. The molecule has 1 aliphatic heterocycles. The highest BCUT2D eigenvalue weighted by Crippen LogP contribution is 2.22. The Bertz CT molecular complexity index is 1110. The number of halogens is 2. The molecule has 3 aromatic carbocycles. The van der Waals surface area contributed by atoms with Crippen molar-refractivity contribution in [2.75, 3.05) is 0 Å². The number of ether oxygens (including phenoxy) is 2. The maximum Gasteiger partial charge on any atom is 0.363 e. The van der Waals surface area contributed by atoms with Gasteiger partial charge in [-0.1, -0.05) is 35.9 Å². The van der Waals surface area contributed by atoms with E-state index in [0.29, 0.717) is 22.9 Å². The van der Waals surface area contributed by atoms with Crippen LogP contribution < -0.4 is 4.74 Å². The molecule has 0 fully saturated rings. The lowest BCUT2D eigenvalue weighted by atomic mass is 10.2. The molecule has 29 heavy (non-hydrogen) atoms. The smallest absolute Gasteiger partial charge is 0.363 e. The van der Waals surface area contributed by atoms with Crippen molar-refractivity contribution in [3.05, 3.63) is 106 Å².